The Hall–Kier alpha value is -1.57. The number of rotatable bonds is 4. The van der Waals surface area contributed by atoms with Crippen LogP contribution in [0.4, 0.5) is 11.4 Å². The van der Waals surface area contributed by atoms with Gasteiger partial charge in [-0.25, -0.2) is 13.6 Å². The lowest BCUT2D eigenvalue weighted by molar-refractivity contribution is 0.598. The van der Waals surface area contributed by atoms with Crippen LogP contribution in [0.25, 0.3) is 0 Å². The molecule has 0 atom stereocenters. The van der Waals surface area contributed by atoms with Crippen LogP contribution in [-0.2, 0) is 16.6 Å². The van der Waals surface area contributed by atoms with Crippen LogP contribution in [0.1, 0.15) is 4.88 Å². The van der Waals surface area contributed by atoms with Crippen LogP contribution in [0.3, 0.4) is 0 Å². The van der Waals surface area contributed by atoms with Gasteiger partial charge in [0, 0.05) is 16.3 Å². The number of thiophene rings is 1. The first-order valence-corrected chi connectivity index (χ1v) is 7.58. The standard InChI is InChI=1S/C11H13N3O2S2/c12-10-5-6-17-11(10)7-14-8-1-3-9(4-2-8)18(13,15)16/h1-6,14H,7,12H2,(H2,13,15,16). The molecule has 7 heteroatoms. The monoisotopic (exact) mass is 283 g/mol. The Morgan fingerprint density at radius 2 is 1.83 bits per heavy atom. The fourth-order valence-electron chi connectivity index (χ4n) is 1.44. The van der Waals surface area contributed by atoms with Crippen LogP contribution in [0, 0.1) is 0 Å². The molecule has 0 saturated heterocycles. The molecule has 0 radical (unpaired) electrons. The molecule has 0 unspecified atom stereocenters. The summed E-state index contributed by atoms with van der Waals surface area (Å²) in [5.41, 5.74) is 7.33. The maximum absolute atomic E-state index is 11.1. The smallest absolute Gasteiger partial charge is 0.238 e. The lowest BCUT2D eigenvalue weighted by Gasteiger charge is -2.06. The third kappa shape index (κ3) is 3.00. The Bertz CT molecular complexity index is 633. The molecule has 96 valence electrons. The van der Waals surface area contributed by atoms with Gasteiger partial charge in [-0.2, -0.15) is 0 Å². The van der Waals surface area contributed by atoms with Crippen molar-refractivity contribution in [3.63, 3.8) is 0 Å². The topological polar surface area (TPSA) is 98.2 Å². The lowest BCUT2D eigenvalue weighted by atomic mass is 10.3. The Morgan fingerprint density at radius 3 is 2.33 bits per heavy atom. The molecule has 5 nitrogen and oxygen atoms in total. The predicted molar refractivity (Wildman–Crippen MR) is 73.9 cm³/mol. The third-order valence-electron chi connectivity index (χ3n) is 2.42. The van der Waals surface area contributed by atoms with Crippen molar-refractivity contribution in [2.75, 3.05) is 11.1 Å². The van der Waals surface area contributed by atoms with Gasteiger partial charge in [0.05, 0.1) is 11.4 Å². The summed E-state index contributed by atoms with van der Waals surface area (Å²) >= 11 is 1.57. The first-order valence-electron chi connectivity index (χ1n) is 5.15. The Balaban J connectivity index is 2.05. The lowest BCUT2D eigenvalue weighted by Crippen LogP contribution is -2.12. The Morgan fingerprint density at radius 1 is 1.17 bits per heavy atom. The molecule has 2 rings (SSSR count). The van der Waals surface area contributed by atoms with E-state index in [1.165, 1.54) is 12.1 Å². The third-order valence-corrected chi connectivity index (χ3v) is 4.28. The summed E-state index contributed by atoms with van der Waals surface area (Å²) in [6, 6.07) is 8.13. The van der Waals surface area contributed by atoms with Crippen LogP contribution in [0.2, 0.25) is 0 Å². The van der Waals surface area contributed by atoms with Gasteiger partial charge >= 0.3 is 0 Å². The van der Waals surface area contributed by atoms with Gasteiger partial charge in [0.15, 0.2) is 0 Å². The SMILES string of the molecule is Nc1ccsc1CNc1ccc(S(N)(=O)=O)cc1. The molecule has 1 aromatic heterocycles. The van der Waals surface area contributed by atoms with Crippen LogP contribution < -0.4 is 16.2 Å². The van der Waals surface area contributed by atoms with Crippen LogP contribution in [0.15, 0.2) is 40.6 Å². The summed E-state index contributed by atoms with van der Waals surface area (Å²) in [7, 11) is -3.63. The maximum Gasteiger partial charge on any atom is 0.238 e. The van der Waals surface area contributed by atoms with Gasteiger partial charge in [-0.3, -0.25) is 0 Å². The molecule has 0 saturated carbocycles. The van der Waals surface area contributed by atoms with Gasteiger partial charge in [-0.15, -0.1) is 11.3 Å². The molecular formula is C11H13N3O2S2. The van der Waals surface area contributed by atoms with Crippen LogP contribution in [-0.4, -0.2) is 8.42 Å². The van der Waals surface area contributed by atoms with E-state index >= 15 is 0 Å². The minimum absolute atomic E-state index is 0.101. The van der Waals surface area contributed by atoms with Gasteiger partial charge in [-0.05, 0) is 35.7 Å². The number of hydrogen-bond acceptors (Lipinski definition) is 5. The van der Waals surface area contributed by atoms with E-state index in [0.29, 0.717) is 6.54 Å². The zero-order chi connectivity index (χ0) is 13.2. The van der Waals surface area contributed by atoms with E-state index in [2.05, 4.69) is 5.32 Å². The van der Waals surface area contributed by atoms with Crippen molar-refractivity contribution in [3.8, 4) is 0 Å². The minimum Gasteiger partial charge on any atom is -0.398 e. The quantitative estimate of drug-likeness (QED) is 0.793. The molecule has 0 aliphatic rings. The van der Waals surface area contributed by atoms with Crippen molar-refractivity contribution >= 4 is 32.7 Å². The molecule has 2 aromatic rings. The minimum atomic E-state index is -3.63. The van der Waals surface area contributed by atoms with Crippen molar-refractivity contribution in [2.45, 2.75) is 11.4 Å². The molecule has 1 heterocycles. The van der Waals surface area contributed by atoms with Gasteiger partial charge in [0.25, 0.3) is 0 Å². The highest BCUT2D eigenvalue weighted by Crippen LogP contribution is 2.20. The zero-order valence-electron chi connectivity index (χ0n) is 9.46. The van der Waals surface area contributed by atoms with Crippen LogP contribution >= 0.6 is 11.3 Å². The van der Waals surface area contributed by atoms with Crippen molar-refractivity contribution in [2.24, 2.45) is 5.14 Å². The average Bonchev–Trinajstić information content (AvgIpc) is 2.72. The molecule has 0 aliphatic heterocycles. The highest BCUT2D eigenvalue weighted by Gasteiger charge is 2.06. The molecule has 18 heavy (non-hydrogen) atoms. The van der Waals surface area contributed by atoms with E-state index in [0.717, 1.165) is 16.3 Å². The van der Waals surface area contributed by atoms with E-state index in [-0.39, 0.29) is 4.90 Å². The first-order chi connectivity index (χ1) is 8.47. The average molecular weight is 283 g/mol. The molecule has 0 aliphatic carbocycles. The molecule has 0 bridgehead atoms. The van der Waals surface area contributed by atoms with Crippen molar-refractivity contribution in [1.29, 1.82) is 0 Å². The van der Waals surface area contributed by atoms with Gasteiger partial charge < -0.3 is 11.1 Å². The number of sulfonamides is 1. The molecule has 0 fully saturated rings. The van der Waals surface area contributed by atoms with Gasteiger partial charge in [-0.1, -0.05) is 0 Å². The van der Waals surface area contributed by atoms with Crippen molar-refractivity contribution in [3.05, 3.63) is 40.6 Å². The van der Waals surface area contributed by atoms with E-state index < -0.39 is 10.0 Å². The first kappa shape index (κ1) is 12.9. The second-order valence-electron chi connectivity index (χ2n) is 3.72. The normalized spacial score (nSPS) is 11.4. The van der Waals surface area contributed by atoms with Gasteiger partial charge in [0.1, 0.15) is 0 Å². The Labute approximate surface area is 109 Å². The summed E-state index contributed by atoms with van der Waals surface area (Å²) in [6.45, 7) is 0.609. The summed E-state index contributed by atoms with van der Waals surface area (Å²) in [4.78, 5) is 1.15. The highest BCUT2D eigenvalue weighted by atomic mass is 32.2. The second kappa shape index (κ2) is 4.97. The Kier molecular flexibility index (Phi) is 3.55. The summed E-state index contributed by atoms with van der Waals surface area (Å²) in [5.74, 6) is 0. The second-order valence-corrected chi connectivity index (χ2v) is 6.28. The number of nitrogens with two attached hydrogens (primary N) is 2. The number of nitrogens with one attached hydrogen (secondary N) is 1. The molecule has 0 amide bonds. The fourth-order valence-corrected chi connectivity index (χ4v) is 2.69. The van der Waals surface area contributed by atoms with Gasteiger partial charge in [0.2, 0.25) is 10.0 Å². The van der Waals surface area contributed by atoms with E-state index in [4.69, 9.17) is 10.9 Å². The number of anilines is 2. The van der Waals surface area contributed by atoms with Crippen molar-refractivity contribution < 1.29 is 8.42 Å². The summed E-state index contributed by atoms with van der Waals surface area (Å²) in [6.07, 6.45) is 0. The maximum atomic E-state index is 11.1. The fraction of sp³-hybridized carbons (Fsp3) is 0.0909. The number of hydrogen-bond donors (Lipinski definition) is 3. The molecule has 5 N–H and O–H groups in total. The largest absolute Gasteiger partial charge is 0.398 e. The summed E-state index contributed by atoms with van der Waals surface area (Å²) < 4.78 is 22.2. The molecule has 1 aromatic carbocycles. The predicted octanol–water partition coefficient (Wildman–Crippen LogP) is 1.59. The van der Waals surface area contributed by atoms with E-state index in [1.54, 1.807) is 23.5 Å². The number of primary sulfonamides is 1. The van der Waals surface area contributed by atoms with Crippen LogP contribution in [0.5, 0.6) is 0 Å². The zero-order valence-corrected chi connectivity index (χ0v) is 11.1. The summed E-state index contributed by atoms with van der Waals surface area (Å²) in [5, 5.41) is 10.1. The number of nitrogen functional groups attached to an aromatic ring is 1. The molecular weight excluding hydrogens is 270 g/mol. The molecule has 0 spiro atoms. The number of benzene rings is 1. The van der Waals surface area contributed by atoms with E-state index in [9.17, 15) is 8.42 Å². The van der Waals surface area contributed by atoms with Crippen molar-refractivity contribution in [1.82, 2.24) is 0 Å². The van der Waals surface area contributed by atoms with E-state index in [1.807, 2.05) is 11.4 Å². The highest BCUT2D eigenvalue weighted by molar-refractivity contribution is 7.89.